The third kappa shape index (κ3) is 13.7. The monoisotopic (exact) mass is 531 g/mol. The number of aromatic hydroxyl groups is 1. The number of carbonyl (C=O) groups is 2. The summed E-state index contributed by atoms with van der Waals surface area (Å²) in [4.78, 5) is 34.2. The van der Waals surface area contributed by atoms with Gasteiger partial charge in [-0.2, -0.15) is 0 Å². The number of Topliss-reactive ketones (excluding diaryl/α,β-unsaturated/α-hetero) is 1. The molecule has 0 saturated carbocycles. The van der Waals surface area contributed by atoms with Gasteiger partial charge in [-0.25, -0.2) is 9.59 Å². The highest BCUT2D eigenvalue weighted by atomic mass is 16.5. The summed E-state index contributed by atoms with van der Waals surface area (Å²) in [6, 6.07) is 9.51. The molecule has 0 saturated heterocycles. The molecule has 2 rings (SSSR count). The molecule has 212 valence electrons. The SMILES string of the molecule is CC.CCC(=O)c1c(O)cc(C(C)CC/C=C/NC(=O)OC)oc1=O.Cc1ccc(OCCC(C)C)cc1. The molecule has 1 aromatic heterocycles. The molecule has 0 bridgehead atoms. The maximum atomic E-state index is 11.8. The lowest BCUT2D eigenvalue weighted by molar-refractivity contribution is 0.0980. The molecule has 1 heterocycles. The maximum Gasteiger partial charge on any atom is 0.410 e. The average molecular weight is 532 g/mol. The Bertz CT molecular complexity index is 1040. The van der Waals surface area contributed by atoms with Gasteiger partial charge in [0.05, 0.1) is 13.7 Å². The first-order valence-electron chi connectivity index (χ1n) is 13.2. The Balaban J connectivity index is 0.000000770. The fraction of sp³-hybridized carbons (Fsp3) is 0.500. The highest BCUT2D eigenvalue weighted by Crippen LogP contribution is 2.25. The largest absolute Gasteiger partial charge is 0.507 e. The Kier molecular flexibility index (Phi) is 17.7. The third-order valence-corrected chi connectivity index (χ3v) is 5.29. The van der Waals surface area contributed by atoms with Crippen LogP contribution >= 0.6 is 0 Å². The zero-order chi connectivity index (χ0) is 29.1. The Morgan fingerprint density at radius 2 is 1.74 bits per heavy atom. The van der Waals surface area contributed by atoms with Gasteiger partial charge in [0.15, 0.2) is 5.78 Å². The lowest BCUT2D eigenvalue weighted by atomic mass is 10.0. The van der Waals surface area contributed by atoms with Gasteiger partial charge < -0.3 is 19.0 Å². The normalized spacial score (nSPS) is 11.1. The predicted molar refractivity (Wildman–Crippen MR) is 151 cm³/mol. The maximum absolute atomic E-state index is 11.8. The van der Waals surface area contributed by atoms with Crippen molar-refractivity contribution in [1.82, 2.24) is 5.32 Å². The highest BCUT2D eigenvalue weighted by molar-refractivity contribution is 5.97. The number of hydrogen-bond acceptors (Lipinski definition) is 7. The molecule has 0 radical (unpaired) electrons. The van der Waals surface area contributed by atoms with Crippen LogP contribution < -0.4 is 15.7 Å². The van der Waals surface area contributed by atoms with Crippen molar-refractivity contribution in [2.45, 2.75) is 80.1 Å². The van der Waals surface area contributed by atoms with E-state index < -0.39 is 17.5 Å². The van der Waals surface area contributed by atoms with E-state index in [2.05, 4.69) is 43.0 Å². The van der Waals surface area contributed by atoms with E-state index >= 15 is 0 Å². The fourth-order valence-corrected chi connectivity index (χ4v) is 2.98. The molecule has 0 aliphatic heterocycles. The lowest BCUT2D eigenvalue weighted by Gasteiger charge is -2.10. The Labute approximate surface area is 227 Å². The van der Waals surface area contributed by atoms with Crippen LogP contribution in [0.1, 0.15) is 94.8 Å². The first-order chi connectivity index (χ1) is 18.1. The second-order valence-electron chi connectivity index (χ2n) is 8.83. The van der Waals surface area contributed by atoms with E-state index in [0.717, 1.165) is 18.8 Å². The third-order valence-electron chi connectivity index (χ3n) is 5.29. The van der Waals surface area contributed by atoms with Gasteiger partial charge in [-0.3, -0.25) is 10.1 Å². The zero-order valence-electron chi connectivity index (χ0n) is 24.1. The summed E-state index contributed by atoms with van der Waals surface area (Å²) in [6.45, 7) is 14.8. The van der Waals surface area contributed by atoms with Gasteiger partial charge in [0.2, 0.25) is 0 Å². The molecule has 1 aromatic carbocycles. The average Bonchev–Trinajstić information content (AvgIpc) is 2.90. The van der Waals surface area contributed by atoms with Gasteiger partial charge in [0.1, 0.15) is 22.8 Å². The van der Waals surface area contributed by atoms with E-state index in [0.29, 0.717) is 24.5 Å². The quantitative estimate of drug-likeness (QED) is 0.296. The molecule has 2 aromatic rings. The molecule has 8 nitrogen and oxygen atoms in total. The number of nitrogens with one attached hydrogen (secondary N) is 1. The fourth-order valence-electron chi connectivity index (χ4n) is 2.98. The van der Waals surface area contributed by atoms with Crippen molar-refractivity contribution in [2.75, 3.05) is 13.7 Å². The van der Waals surface area contributed by atoms with Gasteiger partial charge in [-0.05, 0) is 44.2 Å². The molecule has 0 fully saturated rings. The summed E-state index contributed by atoms with van der Waals surface area (Å²) in [6.07, 6.45) is 5.13. The van der Waals surface area contributed by atoms with Crippen LogP contribution in [-0.2, 0) is 4.74 Å². The second-order valence-corrected chi connectivity index (χ2v) is 8.83. The Hall–Kier alpha value is -3.55. The zero-order valence-corrected chi connectivity index (χ0v) is 24.1. The number of benzene rings is 1. The predicted octanol–water partition coefficient (Wildman–Crippen LogP) is 7.14. The summed E-state index contributed by atoms with van der Waals surface area (Å²) in [5.41, 5.74) is 0.156. The van der Waals surface area contributed by atoms with Crippen LogP contribution in [-0.4, -0.2) is 30.7 Å². The van der Waals surface area contributed by atoms with E-state index in [9.17, 15) is 19.5 Å². The summed E-state index contributed by atoms with van der Waals surface area (Å²) in [5.74, 6) is 1.07. The van der Waals surface area contributed by atoms with Gasteiger partial charge in [-0.1, -0.05) is 65.3 Å². The molecule has 0 spiro atoms. The van der Waals surface area contributed by atoms with Crippen LogP contribution in [0.15, 0.2) is 51.8 Å². The Morgan fingerprint density at radius 1 is 1.11 bits per heavy atom. The lowest BCUT2D eigenvalue weighted by Crippen LogP contribution is -2.16. The smallest absolute Gasteiger partial charge is 0.410 e. The number of hydrogen-bond donors (Lipinski definition) is 2. The molecule has 1 atom stereocenters. The number of ether oxygens (including phenoxy) is 2. The minimum absolute atomic E-state index is 0.116. The summed E-state index contributed by atoms with van der Waals surface area (Å²) >= 11 is 0. The first-order valence-corrected chi connectivity index (χ1v) is 13.2. The highest BCUT2D eigenvalue weighted by Gasteiger charge is 2.19. The summed E-state index contributed by atoms with van der Waals surface area (Å²) in [5, 5.41) is 12.3. The van der Waals surface area contributed by atoms with Gasteiger partial charge in [0, 0.05) is 24.6 Å². The number of allylic oxidation sites excluding steroid dienone is 1. The number of rotatable bonds is 11. The van der Waals surface area contributed by atoms with E-state index in [4.69, 9.17) is 9.15 Å². The van der Waals surface area contributed by atoms with Crippen molar-refractivity contribution in [2.24, 2.45) is 5.92 Å². The summed E-state index contributed by atoms with van der Waals surface area (Å²) in [7, 11) is 1.27. The van der Waals surface area contributed by atoms with Crippen molar-refractivity contribution in [3.8, 4) is 11.5 Å². The number of amides is 1. The molecule has 8 heteroatoms. The minimum atomic E-state index is -0.818. The van der Waals surface area contributed by atoms with Gasteiger partial charge in [-0.15, -0.1) is 0 Å². The first kappa shape index (κ1) is 34.5. The van der Waals surface area contributed by atoms with Gasteiger partial charge in [0.25, 0.3) is 0 Å². The number of carbonyl (C=O) groups excluding carboxylic acids is 2. The van der Waals surface area contributed by atoms with Crippen LogP contribution in [0, 0.1) is 12.8 Å². The molecular weight excluding hydrogens is 486 g/mol. The number of methoxy groups -OCH3 is 1. The van der Waals surface area contributed by atoms with Gasteiger partial charge >= 0.3 is 11.7 Å². The van der Waals surface area contributed by atoms with Crippen LogP contribution in [0.5, 0.6) is 11.5 Å². The second kappa shape index (κ2) is 19.5. The van der Waals surface area contributed by atoms with Crippen LogP contribution in [0.4, 0.5) is 4.79 Å². The van der Waals surface area contributed by atoms with Crippen molar-refractivity contribution in [3.63, 3.8) is 0 Å². The number of ketones is 1. The molecule has 1 amide bonds. The molecule has 0 aliphatic rings. The summed E-state index contributed by atoms with van der Waals surface area (Å²) < 4.78 is 15.1. The topological polar surface area (TPSA) is 115 Å². The van der Waals surface area contributed by atoms with E-state index in [1.54, 1.807) is 13.0 Å². The Morgan fingerprint density at radius 3 is 2.26 bits per heavy atom. The van der Waals surface area contributed by atoms with E-state index in [-0.39, 0.29) is 23.7 Å². The molecule has 1 unspecified atom stereocenters. The van der Waals surface area contributed by atoms with Crippen LogP contribution in [0.25, 0.3) is 0 Å². The van der Waals surface area contributed by atoms with Crippen molar-refractivity contribution < 1.29 is 28.6 Å². The minimum Gasteiger partial charge on any atom is -0.507 e. The van der Waals surface area contributed by atoms with Crippen molar-refractivity contribution >= 4 is 11.9 Å². The van der Waals surface area contributed by atoms with E-state index in [1.165, 1.54) is 24.9 Å². The van der Waals surface area contributed by atoms with Crippen molar-refractivity contribution in [3.05, 3.63) is 69.9 Å². The number of aryl methyl sites for hydroxylation is 1. The van der Waals surface area contributed by atoms with E-state index in [1.807, 2.05) is 32.9 Å². The molecular formula is C30H45NO7. The molecule has 0 aliphatic carbocycles. The van der Waals surface area contributed by atoms with Crippen LogP contribution in [0.2, 0.25) is 0 Å². The molecule has 2 N–H and O–H groups in total. The standard InChI is InChI=1S/C16H21NO6.C12H18O.C2H6/c1-4-11(18)14-12(19)9-13(23-15(14)20)10(2)7-5-6-8-17-16(21)22-3;1-10(2)8-9-13-12-6-4-11(3)5-7-12;1-2/h6,8-10,19H,4-5,7H2,1-3H3,(H,17,21);4-7,10H,8-9H2,1-3H3;1-2H3/b8-6+;;. The number of alkyl carbamates (subject to hydrolysis) is 1. The molecule has 38 heavy (non-hydrogen) atoms. The van der Waals surface area contributed by atoms with Crippen molar-refractivity contribution in [1.29, 1.82) is 0 Å². The van der Waals surface area contributed by atoms with Crippen LogP contribution in [0.3, 0.4) is 0 Å².